The minimum atomic E-state index is -1.04. The van der Waals surface area contributed by atoms with Crippen LogP contribution in [-0.2, 0) is 9.53 Å². The lowest BCUT2D eigenvalue weighted by molar-refractivity contribution is -0.142. The predicted octanol–water partition coefficient (Wildman–Crippen LogP) is 0.271. The Kier molecular flexibility index (Phi) is 2.93. The van der Waals surface area contributed by atoms with Crippen LogP contribution in [0.2, 0.25) is 0 Å². The van der Waals surface area contributed by atoms with Crippen LogP contribution in [-0.4, -0.2) is 23.3 Å². The number of nitrogens with two attached hydrogens (primary N) is 1. The number of aromatic hydroxyl groups is 2. The number of carbonyl (C=O) groups is 1. The average Bonchev–Trinajstić information content (AvgIpc) is 2.15. The number of esters is 1. The summed E-state index contributed by atoms with van der Waals surface area (Å²) in [5, 5.41) is 18.4. The van der Waals surface area contributed by atoms with Crippen LogP contribution in [0.4, 0.5) is 0 Å². The van der Waals surface area contributed by atoms with E-state index in [-0.39, 0.29) is 17.1 Å². The molecule has 1 rings (SSSR count). The van der Waals surface area contributed by atoms with E-state index in [2.05, 4.69) is 4.74 Å². The number of carbonyl (C=O) groups excluding carboxylic acids is 1. The van der Waals surface area contributed by atoms with Gasteiger partial charge in [0, 0.05) is 11.6 Å². The lowest BCUT2D eigenvalue weighted by Gasteiger charge is -2.11. The van der Waals surface area contributed by atoms with Gasteiger partial charge in [-0.2, -0.15) is 0 Å². The quantitative estimate of drug-likeness (QED) is 0.592. The lowest BCUT2D eigenvalue weighted by Crippen LogP contribution is -2.22. The number of phenolic OH excluding ortho intramolecular Hbond substituents is 2. The summed E-state index contributed by atoms with van der Waals surface area (Å²) in [6, 6.07) is 2.77. The highest BCUT2D eigenvalue weighted by Crippen LogP contribution is 2.27. The zero-order valence-electron chi connectivity index (χ0n) is 7.60. The van der Waals surface area contributed by atoms with E-state index in [0.29, 0.717) is 0 Å². The summed E-state index contributed by atoms with van der Waals surface area (Å²) in [7, 11) is 1.21. The number of hydrogen-bond acceptors (Lipinski definition) is 5. The number of phenols is 2. The molecule has 0 spiro atoms. The minimum absolute atomic E-state index is 0.0942. The van der Waals surface area contributed by atoms with Gasteiger partial charge < -0.3 is 20.7 Å². The van der Waals surface area contributed by atoms with E-state index in [9.17, 15) is 9.90 Å². The number of hydrogen-bond donors (Lipinski definition) is 3. The third kappa shape index (κ3) is 1.94. The van der Waals surface area contributed by atoms with Crippen molar-refractivity contribution in [3.8, 4) is 11.5 Å². The summed E-state index contributed by atoms with van der Waals surface area (Å²) < 4.78 is 4.41. The first-order valence-corrected chi connectivity index (χ1v) is 3.91. The van der Waals surface area contributed by atoms with Crippen molar-refractivity contribution in [2.24, 2.45) is 5.73 Å². The maximum Gasteiger partial charge on any atom is 0.327 e. The molecule has 1 atom stereocenters. The van der Waals surface area contributed by atoms with Crippen molar-refractivity contribution in [3.05, 3.63) is 23.8 Å². The summed E-state index contributed by atoms with van der Waals surface area (Å²) in [5.41, 5.74) is 5.70. The van der Waals surface area contributed by atoms with Gasteiger partial charge in [-0.3, -0.25) is 4.79 Å². The molecule has 0 heterocycles. The Labute approximate surface area is 80.7 Å². The monoisotopic (exact) mass is 197 g/mol. The van der Waals surface area contributed by atoms with Crippen molar-refractivity contribution < 1.29 is 19.7 Å². The van der Waals surface area contributed by atoms with Crippen molar-refractivity contribution in [2.45, 2.75) is 6.04 Å². The molecule has 0 bridgehead atoms. The van der Waals surface area contributed by atoms with Gasteiger partial charge in [-0.25, -0.2) is 0 Å². The highest BCUT2D eigenvalue weighted by atomic mass is 16.5. The molecule has 0 radical (unpaired) electrons. The fourth-order valence-electron chi connectivity index (χ4n) is 1.05. The molecule has 0 aliphatic rings. The number of rotatable bonds is 2. The highest BCUT2D eigenvalue weighted by Gasteiger charge is 2.19. The molecule has 1 aromatic carbocycles. The van der Waals surface area contributed by atoms with Gasteiger partial charge in [0.25, 0.3) is 0 Å². The molecular formula is C9H11NO4. The second kappa shape index (κ2) is 3.97. The van der Waals surface area contributed by atoms with Crippen LogP contribution in [0.5, 0.6) is 11.5 Å². The van der Waals surface area contributed by atoms with E-state index in [1.54, 1.807) is 0 Å². The lowest BCUT2D eigenvalue weighted by atomic mass is 10.1. The van der Waals surface area contributed by atoms with Gasteiger partial charge in [-0.1, -0.05) is 0 Å². The fraction of sp³-hybridized carbons (Fsp3) is 0.222. The zero-order chi connectivity index (χ0) is 10.7. The Hall–Kier alpha value is -1.75. The van der Waals surface area contributed by atoms with Crippen molar-refractivity contribution in [1.82, 2.24) is 0 Å². The molecule has 1 aromatic rings. The van der Waals surface area contributed by atoms with Crippen molar-refractivity contribution in [1.29, 1.82) is 0 Å². The van der Waals surface area contributed by atoms with Crippen molar-refractivity contribution in [2.75, 3.05) is 7.11 Å². The van der Waals surface area contributed by atoms with Crippen LogP contribution in [0, 0.1) is 0 Å². The smallest absolute Gasteiger partial charge is 0.327 e. The molecule has 0 saturated heterocycles. The molecule has 0 amide bonds. The first-order chi connectivity index (χ1) is 6.56. The van der Waals surface area contributed by atoms with Crippen LogP contribution >= 0.6 is 0 Å². The van der Waals surface area contributed by atoms with E-state index in [1.165, 1.54) is 19.2 Å². The van der Waals surface area contributed by atoms with Gasteiger partial charge in [0.1, 0.15) is 17.5 Å². The minimum Gasteiger partial charge on any atom is -0.508 e. The summed E-state index contributed by atoms with van der Waals surface area (Å²) in [5.74, 6) is -0.975. The second-order valence-electron chi connectivity index (χ2n) is 2.74. The van der Waals surface area contributed by atoms with Crippen LogP contribution in [0.15, 0.2) is 18.2 Å². The molecule has 0 saturated carbocycles. The Morgan fingerprint density at radius 3 is 2.64 bits per heavy atom. The Bertz CT molecular complexity index is 351. The molecule has 0 fully saturated rings. The summed E-state index contributed by atoms with van der Waals surface area (Å²) in [6.45, 7) is 0. The summed E-state index contributed by atoms with van der Waals surface area (Å²) >= 11 is 0. The van der Waals surface area contributed by atoms with E-state index in [1.807, 2.05) is 0 Å². The first-order valence-electron chi connectivity index (χ1n) is 3.91. The Morgan fingerprint density at radius 2 is 2.14 bits per heavy atom. The fourth-order valence-corrected chi connectivity index (χ4v) is 1.05. The second-order valence-corrected chi connectivity index (χ2v) is 2.74. The molecule has 0 aliphatic carbocycles. The molecule has 0 aromatic heterocycles. The molecule has 4 N–H and O–H groups in total. The van der Waals surface area contributed by atoms with Gasteiger partial charge >= 0.3 is 5.97 Å². The predicted molar refractivity (Wildman–Crippen MR) is 48.7 cm³/mol. The van der Waals surface area contributed by atoms with Gasteiger partial charge in [-0.15, -0.1) is 0 Å². The Balaban J connectivity index is 3.01. The van der Waals surface area contributed by atoms with Crippen LogP contribution in [0.1, 0.15) is 11.6 Å². The summed E-state index contributed by atoms with van der Waals surface area (Å²) in [6.07, 6.45) is 0. The maximum absolute atomic E-state index is 11.0. The summed E-state index contributed by atoms with van der Waals surface area (Å²) in [4.78, 5) is 11.0. The van der Waals surface area contributed by atoms with E-state index in [4.69, 9.17) is 10.8 Å². The third-order valence-corrected chi connectivity index (χ3v) is 1.80. The van der Waals surface area contributed by atoms with Gasteiger partial charge in [0.2, 0.25) is 0 Å². The molecule has 0 aliphatic heterocycles. The molecule has 0 unspecified atom stereocenters. The topological polar surface area (TPSA) is 92.8 Å². The standard InChI is InChI=1S/C9H11NO4/c1-14-9(13)8(10)6-3-2-5(11)4-7(6)12/h2-4,8,11-12H,10H2,1H3/t8-/m1/s1. The maximum atomic E-state index is 11.0. The van der Waals surface area contributed by atoms with Gasteiger partial charge in [0.15, 0.2) is 0 Å². The Morgan fingerprint density at radius 1 is 1.50 bits per heavy atom. The molecule has 76 valence electrons. The van der Waals surface area contributed by atoms with Crippen LogP contribution in [0.3, 0.4) is 0 Å². The normalized spacial score (nSPS) is 12.1. The molecule has 14 heavy (non-hydrogen) atoms. The van der Waals surface area contributed by atoms with E-state index >= 15 is 0 Å². The van der Waals surface area contributed by atoms with Crippen LogP contribution < -0.4 is 5.73 Å². The molecular weight excluding hydrogens is 186 g/mol. The molecule has 5 nitrogen and oxygen atoms in total. The van der Waals surface area contributed by atoms with Gasteiger partial charge in [-0.05, 0) is 12.1 Å². The number of ether oxygens (including phenoxy) is 1. The highest BCUT2D eigenvalue weighted by molar-refractivity contribution is 5.78. The number of benzene rings is 1. The number of methoxy groups -OCH3 is 1. The van der Waals surface area contributed by atoms with E-state index in [0.717, 1.165) is 6.07 Å². The zero-order valence-corrected chi connectivity index (χ0v) is 7.60. The third-order valence-electron chi connectivity index (χ3n) is 1.80. The van der Waals surface area contributed by atoms with Gasteiger partial charge in [0.05, 0.1) is 7.11 Å². The SMILES string of the molecule is COC(=O)[C@H](N)c1ccc(O)cc1O. The largest absolute Gasteiger partial charge is 0.508 e. The molecule has 5 heteroatoms. The van der Waals surface area contributed by atoms with Crippen molar-refractivity contribution >= 4 is 5.97 Å². The first kappa shape index (κ1) is 10.3. The van der Waals surface area contributed by atoms with Crippen LogP contribution in [0.25, 0.3) is 0 Å². The van der Waals surface area contributed by atoms with E-state index < -0.39 is 12.0 Å². The van der Waals surface area contributed by atoms with Crippen molar-refractivity contribution in [3.63, 3.8) is 0 Å². The average molecular weight is 197 g/mol.